The fourth-order valence-electron chi connectivity index (χ4n) is 2.63. The van der Waals surface area contributed by atoms with E-state index in [1.165, 1.54) is 18.3 Å². The van der Waals surface area contributed by atoms with Gasteiger partial charge in [0.2, 0.25) is 5.91 Å². The third kappa shape index (κ3) is 9.53. The van der Waals surface area contributed by atoms with Crippen molar-refractivity contribution in [2.75, 3.05) is 0 Å². The normalized spacial score (nSPS) is 14.6. The predicted molar refractivity (Wildman–Crippen MR) is 127 cm³/mol. The summed E-state index contributed by atoms with van der Waals surface area (Å²) in [5.41, 5.74) is 5.02. The zero-order valence-corrected chi connectivity index (χ0v) is 19.8. The molecule has 0 saturated heterocycles. The standard InChI is InChI=1S/C23H33N5O6/c1-7-9-16(27-21(30)34-22(4,5)6)15-10-11-25-17(12-15)19(28-23(31,32)33)18(13-24)26-20(29)14(3)8-2/h7-8,10-14,16,31-33H,1-2,9,24H2,3-6H3,(H,26,29)(H,27,30). The van der Waals surface area contributed by atoms with E-state index in [4.69, 9.17) is 10.5 Å². The topological polar surface area (TPSA) is 179 Å². The maximum Gasteiger partial charge on any atom is 0.408 e. The van der Waals surface area contributed by atoms with Crippen molar-refractivity contribution in [1.29, 1.82) is 0 Å². The molecule has 0 aromatic carbocycles. The zero-order chi connectivity index (χ0) is 26.1. The number of alkyl carbamates (subject to hydrolysis) is 1. The second kappa shape index (κ2) is 12.1. The summed E-state index contributed by atoms with van der Waals surface area (Å²) in [5, 5.41) is 33.7. The molecule has 1 heterocycles. The first kappa shape index (κ1) is 28.5. The molecule has 34 heavy (non-hydrogen) atoms. The van der Waals surface area contributed by atoms with E-state index in [-0.39, 0.29) is 17.1 Å². The molecule has 0 saturated carbocycles. The number of carbonyl (C=O) groups is 2. The highest BCUT2D eigenvalue weighted by atomic mass is 16.7. The van der Waals surface area contributed by atoms with Crippen molar-refractivity contribution in [3.63, 3.8) is 0 Å². The molecule has 186 valence electrons. The molecule has 0 aliphatic carbocycles. The molecule has 2 amide bonds. The van der Waals surface area contributed by atoms with Crippen LogP contribution in [0.5, 0.6) is 0 Å². The van der Waals surface area contributed by atoms with Crippen LogP contribution in [0.25, 0.3) is 0 Å². The summed E-state index contributed by atoms with van der Waals surface area (Å²) < 4.78 is 5.31. The molecule has 2 unspecified atom stereocenters. The van der Waals surface area contributed by atoms with Gasteiger partial charge in [0, 0.05) is 12.4 Å². The molecule has 0 aliphatic heterocycles. The Balaban J connectivity index is 3.44. The number of ether oxygens (including phenoxy) is 1. The van der Waals surface area contributed by atoms with Crippen molar-refractivity contribution in [3.8, 4) is 0 Å². The van der Waals surface area contributed by atoms with Gasteiger partial charge in [-0.2, -0.15) is 4.99 Å². The van der Waals surface area contributed by atoms with Crippen LogP contribution in [0.3, 0.4) is 0 Å². The summed E-state index contributed by atoms with van der Waals surface area (Å²) >= 11 is 0. The van der Waals surface area contributed by atoms with Crippen LogP contribution in [0.4, 0.5) is 4.79 Å². The lowest BCUT2D eigenvalue weighted by Gasteiger charge is -2.24. The summed E-state index contributed by atoms with van der Waals surface area (Å²) in [5.74, 6) is -1.11. The predicted octanol–water partition coefficient (Wildman–Crippen LogP) is 1.34. The number of rotatable bonds is 10. The van der Waals surface area contributed by atoms with Crippen LogP contribution in [-0.2, 0) is 9.53 Å². The molecule has 0 aliphatic rings. The van der Waals surface area contributed by atoms with Gasteiger partial charge in [0.25, 0.3) is 0 Å². The molecule has 0 radical (unpaired) electrons. The molecular formula is C23H33N5O6. The Morgan fingerprint density at radius 2 is 1.94 bits per heavy atom. The highest BCUT2D eigenvalue weighted by Gasteiger charge is 2.25. The molecule has 7 N–H and O–H groups in total. The molecule has 2 atom stereocenters. The maximum absolute atomic E-state index is 12.3. The van der Waals surface area contributed by atoms with Crippen LogP contribution < -0.4 is 16.4 Å². The van der Waals surface area contributed by atoms with Crippen LogP contribution in [0.15, 0.2) is 60.5 Å². The fraction of sp³-hybridized carbons (Fsp3) is 0.391. The molecule has 1 aromatic rings. The van der Waals surface area contributed by atoms with Gasteiger partial charge in [0.15, 0.2) is 0 Å². The van der Waals surface area contributed by atoms with Crippen LogP contribution in [0.1, 0.15) is 51.4 Å². The minimum atomic E-state index is -3.48. The van der Waals surface area contributed by atoms with Crippen molar-refractivity contribution in [1.82, 2.24) is 15.6 Å². The number of aromatic nitrogens is 1. The van der Waals surface area contributed by atoms with E-state index < -0.39 is 35.7 Å². The second-order valence-corrected chi connectivity index (χ2v) is 8.35. The summed E-state index contributed by atoms with van der Waals surface area (Å²) in [6.45, 7) is 14.0. The maximum atomic E-state index is 12.3. The zero-order valence-electron chi connectivity index (χ0n) is 19.8. The number of aliphatic hydroxyl groups is 3. The van der Waals surface area contributed by atoms with Gasteiger partial charge in [0.05, 0.1) is 23.4 Å². The Hall–Kier alpha value is -3.54. The fourth-order valence-corrected chi connectivity index (χ4v) is 2.63. The van der Waals surface area contributed by atoms with Crippen LogP contribution >= 0.6 is 0 Å². The molecule has 11 heteroatoms. The van der Waals surface area contributed by atoms with Gasteiger partial charge >= 0.3 is 12.2 Å². The van der Waals surface area contributed by atoms with Crippen molar-refractivity contribution >= 4 is 17.7 Å². The van der Waals surface area contributed by atoms with Crippen LogP contribution in [0.2, 0.25) is 0 Å². The number of hydrogen-bond donors (Lipinski definition) is 6. The summed E-state index contributed by atoms with van der Waals surface area (Å²) in [4.78, 5) is 32.2. The van der Waals surface area contributed by atoms with Crippen molar-refractivity contribution in [2.24, 2.45) is 16.6 Å². The Bertz CT molecular complexity index is 959. The highest BCUT2D eigenvalue weighted by molar-refractivity contribution is 6.13. The number of allylic oxidation sites excluding steroid dienone is 1. The van der Waals surface area contributed by atoms with Crippen molar-refractivity contribution < 1.29 is 29.6 Å². The van der Waals surface area contributed by atoms with Gasteiger partial charge in [-0.05, 0) is 44.9 Å². The van der Waals surface area contributed by atoms with E-state index in [0.717, 1.165) is 6.20 Å². The molecule has 0 bridgehead atoms. The minimum Gasteiger partial charge on any atom is -0.444 e. The van der Waals surface area contributed by atoms with Gasteiger partial charge in [-0.15, -0.1) is 13.2 Å². The first-order valence-electron chi connectivity index (χ1n) is 10.4. The number of nitrogens with two attached hydrogens (primary N) is 1. The molecule has 0 spiro atoms. The van der Waals surface area contributed by atoms with E-state index in [0.29, 0.717) is 12.0 Å². The molecule has 0 fully saturated rings. The highest BCUT2D eigenvalue weighted by Crippen LogP contribution is 2.21. The van der Waals surface area contributed by atoms with Gasteiger partial charge in [0.1, 0.15) is 11.3 Å². The average molecular weight is 476 g/mol. The van der Waals surface area contributed by atoms with Gasteiger partial charge in [-0.1, -0.05) is 19.1 Å². The number of aliphatic imine (C=N–C) groups is 1. The molecule has 1 rings (SSSR count). The van der Waals surface area contributed by atoms with Crippen LogP contribution in [0, 0.1) is 5.92 Å². The third-order valence-corrected chi connectivity index (χ3v) is 4.23. The van der Waals surface area contributed by atoms with E-state index in [9.17, 15) is 24.9 Å². The number of hydrogen-bond acceptors (Lipinski definition) is 9. The second-order valence-electron chi connectivity index (χ2n) is 8.35. The Kier molecular flexibility index (Phi) is 10.1. The quantitative estimate of drug-likeness (QED) is 0.167. The van der Waals surface area contributed by atoms with Gasteiger partial charge in [-0.25, -0.2) is 4.79 Å². The number of carbonyl (C=O) groups excluding carboxylic acids is 2. The number of nitrogens with zero attached hydrogens (tertiary/aromatic N) is 2. The van der Waals surface area contributed by atoms with Crippen molar-refractivity contribution in [3.05, 3.63) is 66.8 Å². The van der Waals surface area contributed by atoms with Gasteiger partial charge in [-0.3, -0.25) is 9.78 Å². The Morgan fingerprint density at radius 3 is 2.44 bits per heavy atom. The monoisotopic (exact) mass is 475 g/mol. The average Bonchev–Trinajstić information content (AvgIpc) is 2.73. The number of amides is 2. The third-order valence-electron chi connectivity index (χ3n) is 4.23. The smallest absolute Gasteiger partial charge is 0.408 e. The lowest BCUT2D eigenvalue weighted by atomic mass is 10.0. The number of nitrogens with one attached hydrogen (secondary N) is 2. The lowest BCUT2D eigenvalue weighted by molar-refractivity contribution is -0.304. The first-order valence-corrected chi connectivity index (χ1v) is 10.4. The summed E-state index contributed by atoms with van der Waals surface area (Å²) in [7, 11) is 0. The van der Waals surface area contributed by atoms with Crippen LogP contribution in [-0.4, -0.2) is 49.7 Å². The van der Waals surface area contributed by atoms with E-state index in [1.807, 2.05) is 0 Å². The SMILES string of the molecule is C=CCC(NC(=O)OC(C)(C)C)c1ccnc(C(=NC(O)(O)O)C(=CN)NC(=O)C(C)C=C)c1. The van der Waals surface area contributed by atoms with Crippen molar-refractivity contribution in [2.45, 2.75) is 51.9 Å². The number of pyridine rings is 1. The Morgan fingerprint density at radius 1 is 1.29 bits per heavy atom. The lowest BCUT2D eigenvalue weighted by Crippen LogP contribution is -2.36. The largest absolute Gasteiger partial charge is 0.444 e. The van der Waals surface area contributed by atoms with E-state index >= 15 is 0 Å². The first-order chi connectivity index (χ1) is 15.7. The van der Waals surface area contributed by atoms with Gasteiger partial charge < -0.3 is 36.4 Å². The molecular weight excluding hydrogens is 442 g/mol. The molecule has 1 aromatic heterocycles. The summed E-state index contributed by atoms with van der Waals surface area (Å²) in [6, 6.07) is 2.50. The minimum absolute atomic E-state index is 0.0160. The Labute approximate surface area is 198 Å². The summed E-state index contributed by atoms with van der Waals surface area (Å²) in [6.07, 6.45) is 1.53. The molecule has 11 nitrogen and oxygen atoms in total. The van der Waals surface area contributed by atoms with E-state index in [1.54, 1.807) is 39.8 Å². The van der Waals surface area contributed by atoms with E-state index in [2.05, 4.69) is 33.8 Å².